The van der Waals surface area contributed by atoms with Gasteiger partial charge in [-0.3, -0.25) is 4.68 Å². The molecule has 22 heavy (non-hydrogen) atoms. The standard InChI is InChI=1S/C16H26N4O2/c1-13-4-12-20(17-13)15-6-9-18(10-7-15)14-3-2-8-19(11-5-14)16(21)22/h4,12,14-15H,2-3,5-11H2,1H3,(H,21,22). The van der Waals surface area contributed by atoms with Crippen molar-refractivity contribution in [3.05, 3.63) is 18.0 Å². The summed E-state index contributed by atoms with van der Waals surface area (Å²) in [6.07, 6.45) is 6.67. The Morgan fingerprint density at radius 1 is 1.14 bits per heavy atom. The van der Waals surface area contributed by atoms with Crippen LogP contribution >= 0.6 is 0 Å². The molecule has 1 aromatic heterocycles. The zero-order valence-corrected chi connectivity index (χ0v) is 13.3. The van der Waals surface area contributed by atoms with Gasteiger partial charge in [-0.25, -0.2) is 4.79 Å². The van der Waals surface area contributed by atoms with E-state index in [-0.39, 0.29) is 0 Å². The van der Waals surface area contributed by atoms with Crippen LogP contribution in [0.15, 0.2) is 12.3 Å². The summed E-state index contributed by atoms with van der Waals surface area (Å²) in [4.78, 5) is 15.2. The summed E-state index contributed by atoms with van der Waals surface area (Å²) in [5.41, 5.74) is 1.08. The number of hydrogen-bond acceptors (Lipinski definition) is 3. The number of carbonyl (C=O) groups is 1. The number of hydrogen-bond donors (Lipinski definition) is 1. The van der Waals surface area contributed by atoms with Crippen LogP contribution in [0.4, 0.5) is 4.79 Å². The van der Waals surface area contributed by atoms with Crippen molar-refractivity contribution in [3.63, 3.8) is 0 Å². The lowest BCUT2D eigenvalue weighted by atomic mass is 10.00. The molecule has 1 aromatic rings. The highest BCUT2D eigenvalue weighted by Crippen LogP contribution is 2.26. The normalized spacial score (nSPS) is 25.1. The van der Waals surface area contributed by atoms with E-state index in [0.717, 1.165) is 50.9 Å². The maximum absolute atomic E-state index is 11.1. The second-order valence-corrected chi connectivity index (χ2v) is 6.56. The van der Waals surface area contributed by atoms with Crippen molar-refractivity contribution in [1.29, 1.82) is 0 Å². The van der Waals surface area contributed by atoms with Gasteiger partial charge in [0.2, 0.25) is 0 Å². The smallest absolute Gasteiger partial charge is 0.407 e. The van der Waals surface area contributed by atoms with Gasteiger partial charge in [0.1, 0.15) is 0 Å². The van der Waals surface area contributed by atoms with E-state index in [9.17, 15) is 4.79 Å². The summed E-state index contributed by atoms with van der Waals surface area (Å²) >= 11 is 0. The molecule has 2 aliphatic rings. The van der Waals surface area contributed by atoms with Gasteiger partial charge in [0, 0.05) is 38.4 Å². The Bertz CT molecular complexity index is 508. The van der Waals surface area contributed by atoms with Crippen LogP contribution in [0.3, 0.4) is 0 Å². The van der Waals surface area contributed by atoms with Gasteiger partial charge < -0.3 is 14.9 Å². The fraction of sp³-hybridized carbons (Fsp3) is 0.750. The average Bonchev–Trinajstić information content (AvgIpc) is 2.80. The fourth-order valence-corrected chi connectivity index (χ4v) is 3.79. The molecular formula is C16H26N4O2. The van der Waals surface area contributed by atoms with E-state index < -0.39 is 6.09 Å². The van der Waals surface area contributed by atoms with Crippen LogP contribution in [-0.4, -0.2) is 63.0 Å². The largest absolute Gasteiger partial charge is 0.465 e. The first-order valence-electron chi connectivity index (χ1n) is 8.37. The molecule has 0 bridgehead atoms. The minimum Gasteiger partial charge on any atom is -0.465 e. The summed E-state index contributed by atoms with van der Waals surface area (Å²) in [5, 5.41) is 13.7. The third-order valence-corrected chi connectivity index (χ3v) is 5.10. The third-order valence-electron chi connectivity index (χ3n) is 5.10. The van der Waals surface area contributed by atoms with Crippen molar-refractivity contribution in [1.82, 2.24) is 19.6 Å². The van der Waals surface area contributed by atoms with E-state index in [2.05, 4.69) is 26.9 Å². The van der Waals surface area contributed by atoms with E-state index in [1.54, 1.807) is 4.90 Å². The Labute approximate surface area is 131 Å². The molecule has 6 heteroatoms. The molecule has 6 nitrogen and oxygen atoms in total. The Morgan fingerprint density at radius 2 is 1.86 bits per heavy atom. The van der Waals surface area contributed by atoms with Crippen molar-refractivity contribution in [3.8, 4) is 0 Å². The number of likely N-dealkylation sites (tertiary alicyclic amines) is 2. The highest BCUT2D eigenvalue weighted by Gasteiger charge is 2.28. The average molecular weight is 306 g/mol. The number of aromatic nitrogens is 2. The minimum atomic E-state index is -0.770. The maximum atomic E-state index is 11.1. The van der Waals surface area contributed by atoms with E-state index >= 15 is 0 Å². The SMILES string of the molecule is Cc1ccn(C2CCN(C3CCCN(C(=O)O)CC3)CC2)n1. The van der Waals surface area contributed by atoms with E-state index in [0.29, 0.717) is 25.2 Å². The van der Waals surface area contributed by atoms with Crippen LogP contribution < -0.4 is 0 Å². The maximum Gasteiger partial charge on any atom is 0.407 e. The topological polar surface area (TPSA) is 61.6 Å². The molecule has 2 fully saturated rings. The molecule has 1 N–H and O–H groups in total. The summed E-state index contributed by atoms with van der Waals surface area (Å²) in [7, 11) is 0. The predicted octanol–water partition coefficient (Wildman–Crippen LogP) is 2.36. The van der Waals surface area contributed by atoms with E-state index in [1.807, 2.05) is 6.92 Å². The molecule has 1 atom stereocenters. The minimum absolute atomic E-state index is 0.520. The molecule has 0 aliphatic carbocycles. The van der Waals surface area contributed by atoms with Crippen molar-refractivity contribution >= 4 is 6.09 Å². The Kier molecular flexibility index (Phi) is 4.66. The quantitative estimate of drug-likeness (QED) is 0.911. The third kappa shape index (κ3) is 3.43. The lowest BCUT2D eigenvalue weighted by Crippen LogP contribution is -2.42. The molecule has 0 spiro atoms. The molecule has 0 saturated carbocycles. The summed E-state index contributed by atoms with van der Waals surface area (Å²) < 4.78 is 2.12. The molecule has 2 aliphatic heterocycles. The van der Waals surface area contributed by atoms with Crippen LogP contribution in [0.2, 0.25) is 0 Å². The second-order valence-electron chi connectivity index (χ2n) is 6.56. The molecule has 0 aromatic carbocycles. The van der Waals surface area contributed by atoms with Crippen LogP contribution in [0.5, 0.6) is 0 Å². The molecule has 0 radical (unpaired) electrons. The Balaban J connectivity index is 1.52. The number of rotatable bonds is 2. The predicted molar refractivity (Wildman–Crippen MR) is 84.0 cm³/mol. The second kappa shape index (κ2) is 6.69. The molecule has 1 unspecified atom stereocenters. The molecule has 122 valence electrons. The zero-order valence-electron chi connectivity index (χ0n) is 13.3. The number of nitrogens with zero attached hydrogens (tertiary/aromatic N) is 4. The van der Waals surface area contributed by atoms with Crippen molar-refractivity contribution in [2.75, 3.05) is 26.2 Å². The number of piperidine rings is 1. The van der Waals surface area contributed by atoms with Crippen molar-refractivity contribution < 1.29 is 9.90 Å². The summed E-state index contributed by atoms with van der Waals surface area (Å²) in [5.74, 6) is 0. The van der Waals surface area contributed by atoms with Crippen LogP contribution in [0.25, 0.3) is 0 Å². The fourth-order valence-electron chi connectivity index (χ4n) is 3.79. The molecule has 2 saturated heterocycles. The van der Waals surface area contributed by atoms with Gasteiger partial charge >= 0.3 is 6.09 Å². The first-order valence-corrected chi connectivity index (χ1v) is 8.37. The first kappa shape index (κ1) is 15.3. The van der Waals surface area contributed by atoms with Crippen LogP contribution in [-0.2, 0) is 0 Å². The molecule has 3 rings (SSSR count). The lowest BCUT2D eigenvalue weighted by molar-refractivity contribution is 0.117. The van der Waals surface area contributed by atoms with E-state index in [1.165, 1.54) is 0 Å². The highest BCUT2D eigenvalue weighted by atomic mass is 16.4. The summed E-state index contributed by atoms with van der Waals surface area (Å²) in [6, 6.07) is 3.13. The van der Waals surface area contributed by atoms with Crippen LogP contribution in [0, 0.1) is 6.92 Å². The molecular weight excluding hydrogens is 280 g/mol. The van der Waals surface area contributed by atoms with Gasteiger partial charge in [-0.05, 0) is 45.1 Å². The highest BCUT2D eigenvalue weighted by molar-refractivity contribution is 5.64. The number of amides is 1. The number of aryl methyl sites for hydroxylation is 1. The lowest BCUT2D eigenvalue weighted by Gasteiger charge is -2.37. The Morgan fingerprint density at radius 3 is 2.50 bits per heavy atom. The molecule has 3 heterocycles. The monoisotopic (exact) mass is 306 g/mol. The first-order chi connectivity index (χ1) is 10.6. The Hall–Kier alpha value is -1.56. The van der Waals surface area contributed by atoms with Crippen molar-refractivity contribution in [2.24, 2.45) is 0 Å². The van der Waals surface area contributed by atoms with Crippen molar-refractivity contribution in [2.45, 2.75) is 51.1 Å². The van der Waals surface area contributed by atoms with Gasteiger partial charge in [-0.1, -0.05) is 0 Å². The summed E-state index contributed by atoms with van der Waals surface area (Å²) in [6.45, 7) is 5.60. The number of carboxylic acid groups (broad SMARTS) is 1. The zero-order chi connectivity index (χ0) is 15.5. The van der Waals surface area contributed by atoms with E-state index in [4.69, 9.17) is 5.11 Å². The van der Waals surface area contributed by atoms with Gasteiger partial charge in [0.25, 0.3) is 0 Å². The van der Waals surface area contributed by atoms with Gasteiger partial charge in [0.05, 0.1) is 11.7 Å². The van der Waals surface area contributed by atoms with Crippen LogP contribution in [0.1, 0.15) is 43.8 Å². The van der Waals surface area contributed by atoms with Gasteiger partial charge in [-0.2, -0.15) is 5.10 Å². The van der Waals surface area contributed by atoms with Gasteiger partial charge in [0.15, 0.2) is 0 Å². The van der Waals surface area contributed by atoms with Gasteiger partial charge in [-0.15, -0.1) is 0 Å². The molecule has 1 amide bonds.